The smallest absolute Gasteiger partial charge is 0.230 e. The van der Waals surface area contributed by atoms with Crippen LogP contribution in [-0.4, -0.2) is 28.9 Å². The standard InChI is InChI=1S/C6H11N3O3/c1-2-3-4-9(8-12)6(5-10)7-11/h5,11H,2-4H2,1H3. The van der Waals surface area contributed by atoms with Crippen LogP contribution in [0.25, 0.3) is 0 Å². The van der Waals surface area contributed by atoms with Crippen LogP contribution in [0.15, 0.2) is 10.4 Å². The van der Waals surface area contributed by atoms with Crippen LogP contribution < -0.4 is 0 Å². The topological polar surface area (TPSA) is 82.3 Å². The largest absolute Gasteiger partial charge is 0.409 e. The number of carbonyl (C=O) groups is 1. The Kier molecular flexibility index (Phi) is 5.50. The second kappa shape index (κ2) is 6.26. The molecule has 0 atom stereocenters. The molecule has 0 fully saturated rings. The van der Waals surface area contributed by atoms with E-state index in [1.54, 1.807) is 0 Å². The summed E-state index contributed by atoms with van der Waals surface area (Å²) in [6.45, 7) is 2.22. The second-order valence-electron chi connectivity index (χ2n) is 2.13. The minimum absolute atomic E-state index is 0.275. The fourth-order valence-corrected chi connectivity index (χ4v) is 0.641. The van der Waals surface area contributed by atoms with Crippen molar-refractivity contribution >= 4 is 12.1 Å². The molecule has 0 spiro atoms. The molecule has 0 saturated carbocycles. The predicted molar refractivity (Wildman–Crippen MR) is 42.7 cm³/mol. The molecule has 0 aliphatic rings. The summed E-state index contributed by atoms with van der Waals surface area (Å²) in [5.41, 5.74) is 0. The Morgan fingerprint density at radius 1 is 1.67 bits per heavy atom. The van der Waals surface area contributed by atoms with Gasteiger partial charge in [-0.05, 0) is 6.42 Å². The summed E-state index contributed by atoms with van der Waals surface area (Å²) in [4.78, 5) is 20.3. The summed E-state index contributed by atoms with van der Waals surface area (Å²) >= 11 is 0. The lowest BCUT2D eigenvalue weighted by atomic mass is 10.3. The summed E-state index contributed by atoms with van der Waals surface area (Å²) in [6, 6.07) is 0. The van der Waals surface area contributed by atoms with Gasteiger partial charge < -0.3 is 5.21 Å². The van der Waals surface area contributed by atoms with Crippen LogP contribution >= 0.6 is 0 Å². The average Bonchev–Trinajstić information content (AvgIpc) is 2.12. The molecular weight excluding hydrogens is 162 g/mol. The molecule has 0 saturated heterocycles. The second-order valence-corrected chi connectivity index (χ2v) is 2.13. The Balaban J connectivity index is 4.12. The van der Waals surface area contributed by atoms with E-state index in [2.05, 4.69) is 10.4 Å². The zero-order chi connectivity index (χ0) is 9.40. The van der Waals surface area contributed by atoms with Crippen molar-refractivity contribution in [2.75, 3.05) is 6.54 Å². The van der Waals surface area contributed by atoms with Gasteiger partial charge in [0.25, 0.3) is 0 Å². The highest BCUT2D eigenvalue weighted by Gasteiger charge is 2.09. The zero-order valence-corrected chi connectivity index (χ0v) is 6.80. The van der Waals surface area contributed by atoms with Crippen LogP contribution in [0.5, 0.6) is 0 Å². The van der Waals surface area contributed by atoms with Gasteiger partial charge in [0, 0.05) is 6.54 Å². The van der Waals surface area contributed by atoms with Gasteiger partial charge in [-0.15, -0.1) is 4.91 Å². The van der Waals surface area contributed by atoms with E-state index < -0.39 is 0 Å². The lowest BCUT2D eigenvalue weighted by molar-refractivity contribution is -0.103. The first-order valence-electron chi connectivity index (χ1n) is 3.58. The third-order valence-electron chi connectivity index (χ3n) is 1.29. The molecule has 0 unspecified atom stereocenters. The highest BCUT2D eigenvalue weighted by Crippen LogP contribution is 1.96. The summed E-state index contributed by atoms with van der Waals surface area (Å²) < 4.78 is 0. The van der Waals surface area contributed by atoms with Crippen molar-refractivity contribution in [2.45, 2.75) is 19.8 Å². The van der Waals surface area contributed by atoms with Gasteiger partial charge >= 0.3 is 0 Å². The van der Waals surface area contributed by atoms with E-state index >= 15 is 0 Å². The van der Waals surface area contributed by atoms with Crippen molar-refractivity contribution in [3.8, 4) is 0 Å². The minimum Gasteiger partial charge on any atom is -0.409 e. The number of carbonyl (C=O) groups excluding carboxylic acids is 1. The summed E-state index contributed by atoms with van der Waals surface area (Å²) in [6.07, 6.45) is 1.85. The van der Waals surface area contributed by atoms with E-state index in [0.717, 1.165) is 11.4 Å². The van der Waals surface area contributed by atoms with Crippen LogP contribution in [0.2, 0.25) is 0 Å². The number of nitrogens with zero attached hydrogens (tertiary/aromatic N) is 3. The van der Waals surface area contributed by atoms with E-state index in [9.17, 15) is 9.70 Å². The van der Waals surface area contributed by atoms with Crippen LogP contribution in [0.4, 0.5) is 0 Å². The normalized spacial score (nSPS) is 10.9. The van der Waals surface area contributed by atoms with E-state index in [1.165, 1.54) is 0 Å². The van der Waals surface area contributed by atoms with Crippen LogP contribution in [0.1, 0.15) is 19.8 Å². The van der Waals surface area contributed by atoms with Crippen molar-refractivity contribution in [1.82, 2.24) is 5.01 Å². The van der Waals surface area contributed by atoms with Crippen molar-refractivity contribution < 1.29 is 10.0 Å². The molecule has 6 nitrogen and oxygen atoms in total. The lowest BCUT2D eigenvalue weighted by Gasteiger charge is -2.10. The molecule has 0 radical (unpaired) electrons. The van der Waals surface area contributed by atoms with E-state index in [1.807, 2.05) is 6.92 Å². The zero-order valence-electron chi connectivity index (χ0n) is 6.80. The van der Waals surface area contributed by atoms with Crippen molar-refractivity contribution in [2.24, 2.45) is 10.4 Å². The molecule has 1 N–H and O–H groups in total. The molecule has 0 bridgehead atoms. The molecule has 0 aromatic rings. The van der Waals surface area contributed by atoms with E-state index in [4.69, 9.17) is 5.21 Å². The fourth-order valence-electron chi connectivity index (χ4n) is 0.641. The number of amidine groups is 1. The Morgan fingerprint density at radius 2 is 2.33 bits per heavy atom. The van der Waals surface area contributed by atoms with E-state index in [0.29, 0.717) is 6.42 Å². The highest BCUT2D eigenvalue weighted by atomic mass is 16.4. The maximum Gasteiger partial charge on any atom is 0.230 e. The Labute approximate surface area is 69.8 Å². The number of oxime groups is 1. The molecule has 6 heteroatoms. The monoisotopic (exact) mass is 173 g/mol. The maximum absolute atomic E-state index is 10.2. The third kappa shape index (κ3) is 3.09. The average molecular weight is 173 g/mol. The molecule has 0 aromatic carbocycles. The highest BCUT2D eigenvalue weighted by molar-refractivity contribution is 6.26. The molecule has 0 aromatic heterocycles. The van der Waals surface area contributed by atoms with Gasteiger partial charge in [0.05, 0.1) is 5.29 Å². The Bertz CT molecular complexity index is 181. The van der Waals surface area contributed by atoms with Gasteiger partial charge in [-0.25, -0.2) is 5.01 Å². The molecular formula is C6H11N3O3. The van der Waals surface area contributed by atoms with Gasteiger partial charge in [-0.3, -0.25) is 4.79 Å². The Morgan fingerprint density at radius 3 is 2.67 bits per heavy atom. The van der Waals surface area contributed by atoms with Gasteiger partial charge in [-0.2, -0.15) is 0 Å². The number of hydrogen-bond donors (Lipinski definition) is 1. The van der Waals surface area contributed by atoms with Gasteiger partial charge in [-0.1, -0.05) is 18.5 Å². The van der Waals surface area contributed by atoms with Crippen LogP contribution in [0, 0.1) is 4.91 Å². The van der Waals surface area contributed by atoms with Crippen LogP contribution in [0.3, 0.4) is 0 Å². The minimum atomic E-state index is -0.363. The molecule has 0 heterocycles. The van der Waals surface area contributed by atoms with Gasteiger partial charge in [0.2, 0.25) is 5.84 Å². The van der Waals surface area contributed by atoms with Crippen molar-refractivity contribution in [1.29, 1.82) is 0 Å². The molecule has 68 valence electrons. The first-order chi connectivity index (χ1) is 5.79. The quantitative estimate of drug-likeness (QED) is 0.166. The molecule has 12 heavy (non-hydrogen) atoms. The Hall–Kier alpha value is -1.46. The summed E-state index contributed by atoms with van der Waals surface area (Å²) in [5.74, 6) is -0.363. The number of nitroso groups, excluding NO2 is 1. The van der Waals surface area contributed by atoms with E-state index in [-0.39, 0.29) is 18.7 Å². The summed E-state index contributed by atoms with van der Waals surface area (Å²) in [5, 5.41) is 14.2. The molecule has 0 amide bonds. The number of unbranched alkanes of at least 4 members (excludes halogenated alkanes) is 1. The van der Waals surface area contributed by atoms with Gasteiger partial charge in [0.1, 0.15) is 0 Å². The number of aldehydes is 1. The first kappa shape index (κ1) is 10.5. The lowest BCUT2D eigenvalue weighted by Crippen LogP contribution is -2.27. The third-order valence-corrected chi connectivity index (χ3v) is 1.29. The van der Waals surface area contributed by atoms with Crippen molar-refractivity contribution in [3.05, 3.63) is 4.91 Å². The molecule has 0 aliphatic heterocycles. The number of hydrogen-bond acceptors (Lipinski definition) is 5. The molecule has 0 rings (SSSR count). The maximum atomic E-state index is 10.2. The summed E-state index contributed by atoms with van der Waals surface area (Å²) in [7, 11) is 0. The van der Waals surface area contributed by atoms with Crippen LogP contribution in [-0.2, 0) is 4.79 Å². The molecule has 0 aliphatic carbocycles. The van der Waals surface area contributed by atoms with Crippen molar-refractivity contribution in [3.63, 3.8) is 0 Å². The van der Waals surface area contributed by atoms with Gasteiger partial charge in [0.15, 0.2) is 6.29 Å². The first-order valence-corrected chi connectivity index (χ1v) is 3.58. The number of rotatable bonds is 5. The fraction of sp³-hybridized carbons (Fsp3) is 0.667. The SMILES string of the molecule is CCCCN(N=O)C(C=O)=NO. The predicted octanol–water partition coefficient (Wildman–Crippen LogP) is 0.757.